The predicted octanol–water partition coefficient (Wildman–Crippen LogP) is 3.11. The molecule has 0 bridgehead atoms. The Balaban J connectivity index is 2.93. The minimum Gasteiger partial charge on any atom is -0.342 e. The van der Waals surface area contributed by atoms with Crippen LogP contribution < -0.4 is 5.32 Å². The van der Waals surface area contributed by atoms with Gasteiger partial charge in [0.05, 0.1) is 0 Å². The fourth-order valence-electron chi connectivity index (χ4n) is 3.05. The van der Waals surface area contributed by atoms with Crippen molar-refractivity contribution in [1.29, 1.82) is 0 Å². The van der Waals surface area contributed by atoms with Gasteiger partial charge in [0.25, 0.3) is 0 Å². The highest BCUT2D eigenvalue weighted by Crippen LogP contribution is 2.28. The van der Waals surface area contributed by atoms with Gasteiger partial charge in [-0.15, -0.1) is 0 Å². The summed E-state index contributed by atoms with van der Waals surface area (Å²) in [6.45, 7) is 12.2. The van der Waals surface area contributed by atoms with Gasteiger partial charge in [0.15, 0.2) is 0 Å². The molecule has 21 heavy (non-hydrogen) atoms. The third-order valence-corrected chi connectivity index (χ3v) is 4.38. The molecule has 4 nitrogen and oxygen atoms in total. The Morgan fingerprint density at radius 2 is 1.81 bits per heavy atom. The molecule has 0 aromatic carbocycles. The van der Waals surface area contributed by atoms with Crippen LogP contribution in [0.1, 0.15) is 73.6 Å². The Morgan fingerprint density at radius 1 is 1.19 bits per heavy atom. The third-order valence-electron chi connectivity index (χ3n) is 4.38. The molecule has 0 aliphatic carbocycles. The Kier molecular flexibility index (Phi) is 6.24. The minimum atomic E-state index is -0.415. The van der Waals surface area contributed by atoms with Crippen LogP contribution in [0.25, 0.3) is 0 Å². The number of amides is 2. The number of nitrogens with one attached hydrogen (secondary N) is 1. The standard InChI is InChI=1S/C17H32N2O2/c1-7-9-10-11-12(3)19-13(8-2)15(20)18-14(16(19)21)17(4,5)6/h12-14H,7-11H2,1-6H3,(H,18,20). The van der Waals surface area contributed by atoms with Crippen LogP contribution >= 0.6 is 0 Å². The normalized spacial score (nSPS) is 25.0. The molecule has 0 aromatic rings. The molecule has 0 spiro atoms. The second-order valence-electron chi connectivity index (χ2n) is 7.32. The fourth-order valence-corrected chi connectivity index (χ4v) is 3.05. The minimum absolute atomic E-state index is 0.000587. The molecule has 0 aromatic heterocycles. The smallest absolute Gasteiger partial charge is 0.246 e. The largest absolute Gasteiger partial charge is 0.342 e. The number of hydrogen-bond acceptors (Lipinski definition) is 2. The number of carbonyl (C=O) groups is 2. The van der Waals surface area contributed by atoms with E-state index in [1.54, 1.807) is 0 Å². The van der Waals surface area contributed by atoms with Crippen LogP contribution in [0.4, 0.5) is 0 Å². The average Bonchev–Trinajstić information content (AvgIpc) is 2.39. The molecule has 1 aliphatic heterocycles. The third kappa shape index (κ3) is 4.21. The monoisotopic (exact) mass is 296 g/mol. The summed E-state index contributed by atoms with van der Waals surface area (Å²) in [5.41, 5.74) is -0.257. The van der Waals surface area contributed by atoms with Crippen LogP contribution in [0.2, 0.25) is 0 Å². The molecule has 1 saturated heterocycles. The van der Waals surface area contributed by atoms with Crippen molar-refractivity contribution in [3.8, 4) is 0 Å². The Bertz CT molecular complexity index is 373. The molecular weight excluding hydrogens is 264 g/mol. The maximum Gasteiger partial charge on any atom is 0.246 e. The maximum atomic E-state index is 12.9. The first-order valence-electron chi connectivity index (χ1n) is 8.36. The molecule has 0 radical (unpaired) electrons. The molecule has 1 fully saturated rings. The molecule has 1 N–H and O–H groups in total. The molecule has 1 heterocycles. The average molecular weight is 296 g/mol. The van der Waals surface area contributed by atoms with Crippen molar-refractivity contribution in [2.24, 2.45) is 5.41 Å². The van der Waals surface area contributed by atoms with E-state index in [2.05, 4.69) is 19.2 Å². The van der Waals surface area contributed by atoms with E-state index in [1.165, 1.54) is 12.8 Å². The zero-order chi connectivity index (χ0) is 16.2. The van der Waals surface area contributed by atoms with Crippen molar-refractivity contribution in [2.45, 2.75) is 91.8 Å². The Morgan fingerprint density at radius 3 is 2.29 bits per heavy atom. The summed E-state index contributed by atoms with van der Waals surface area (Å²) in [4.78, 5) is 27.1. The predicted molar refractivity (Wildman–Crippen MR) is 85.9 cm³/mol. The summed E-state index contributed by atoms with van der Waals surface area (Å²) in [7, 11) is 0. The highest BCUT2D eigenvalue weighted by Gasteiger charge is 2.45. The van der Waals surface area contributed by atoms with E-state index < -0.39 is 6.04 Å². The van der Waals surface area contributed by atoms with Crippen LogP contribution in [-0.4, -0.2) is 34.8 Å². The molecule has 4 heteroatoms. The molecule has 122 valence electrons. The molecule has 1 rings (SSSR count). The highest BCUT2D eigenvalue weighted by molar-refractivity contribution is 5.97. The zero-order valence-corrected chi connectivity index (χ0v) is 14.5. The van der Waals surface area contributed by atoms with Gasteiger partial charge in [-0.05, 0) is 25.2 Å². The van der Waals surface area contributed by atoms with Gasteiger partial charge in [-0.2, -0.15) is 0 Å². The lowest BCUT2D eigenvalue weighted by molar-refractivity contribution is -0.155. The van der Waals surface area contributed by atoms with Gasteiger partial charge in [-0.1, -0.05) is 53.9 Å². The number of nitrogens with zero attached hydrogens (tertiary/aromatic N) is 1. The van der Waals surface area contributed by atoms with Crippen LogP contribution in [0.5, 0.6) is 0 Å². The van der Waals surface area contributed by atoms with Gasteiger partial charge >= 0.3 is 0 Å². The van der Waals surface area contributed by atoms with E-state index >= 15 is 0 Å². The van der Waals surface area contributed by atoms with Gasteiger partial charge in [-0.3, -0.25) is 9.59 Å². The quantitative estimate of drug-likeness (QED) is 0.766. The topological polar surface area (TPSA) is 49.4 Å². The van der Waals surface area contributed by atoms with Crippen LogP contribution in [-0.2, 0) is 9.59 Å². The van der Waals surface area contributed by atoms with E-state index in [0.717, 1.165) is 12.8 Å². The first-order chi connectivity index (χ1) is 9.73. The van der Waals surface area contributed by atoms with Crippen molar-refractivity contribution in [2.75, 3.05) is 0 Å². The first kappa shape index (κ1) is 18.0. The molecule has 0 saturated carbocycles. The molecule has 3 atom stereocenters. The summed E-state index contributed by atoms with van der Waals surface area (Å²) in [6.07, 6.45) is 5.10. The molecule has 1 aliphatic rings. The number of hydrogen-bond donors (Lipinski definition) is 1. The van der Waals surface area contributed by atoms with E-state index in [9.17, 15) is 9.59 Å². The first-order valence-corrected chi connectivity index (χ1v) is 8.36. The van der Waals surface area contributed by atoms with Crippen LogP contribution in [0.15, 0.2) is 0 Å². The van der Waals surface area contributed by atoms with Crippen molar-refractivity contribution in [3.05, 3.63) is 0 Å². The lowest BCUT2D eigenvalue weighted by Gasteiger charge is -2.45. The van der Waals surface area contributed by atoms with Crippen molar-refractivity contribution in [3.63, 3.8) is 0 Å². The summed E-state index contributed by atoms with van der Waals surface area (Å²) < 4.78 is 0. The van der Waals surface area contributed by atoms with E-state index in [-0.39, 0.29) is 29.3 Å². The number of carbonyl (C=O) groups excluding carboxylic acids is 2. The summed E-state index contributed by atoms with van der Waals surface area (Å²) in [6, 6.07) is -0.598. The van der Waals surface area contributed by atoms with E-state index in [1.807, 2.05) is 32.6 Å². The second kappa shape index (κ2) is 7.28. The van der Waals surface area contributed by atoms with Crippen LogP contribution in [0, 0.1) is 5.41 Å². The number of piperazine rings is 1. The van der Waals surface area contributed by atoms with Crippen molar-refractivity contribution >= 4 is 11.8 Å². The summed E-state index contributed by atoms with van der Waals surface area (Å²) >= 11 is 0. The van der Waals surface area contributed by atoms with E-state index in [4.69, 9.17) is 0 Å². The zero-order valence-electron chi connectivity index (χ0n) is 14.5. The number of rotatable bonds is 6. The van der Waals surface area contributed by atoms with Crippen molar-refractivity contribution < 1.29 is 9.59 Å². The highest BCUT2D eigenvalue weighted by atomic mass is 16.2. The SMILES string of the molecule is CCCCCC(C)N1C(=O)C(C(C)(C)C)NC(=O)C1CC. The van der Waals surface area contributed by atoms with Gasteiger partial charge < -0.3 is 10.2 Å². The molecule has 3 unspecified atom stereocenters. The van der Waals surface area contributed by atoms with Gasteiger partial charge in [0.2, 0.25) is 11.8 Å². The Hall–Kier alpha value is -1.06. The number of unbranched alkanes of at least 4 members (excludes halogenated alkanes) is 2. The van der Waals surface area contributed by atoms with Gasteiger partial charge in [0.1, 0.15) is 12.1 Å². The van der Waals surface area contributed by atoms with Gasteiger partial charge in [0, 0.05) is 6.04 Å². The van der Waals surface area contributed by atoms with E-state index in [0.29, 0.717) is 6.42 Å². The lowest BCUT2D eigenvalue weighted by atomic mass is 9.83. The summed E-state index contributed by atoms with van der Waals surface area (Å²) in [5, 5.41) is 2.93. The van der Waals surface area contributed by atoms with Crippen molar-refractivity contribution in [1.82, 2.24) is 10.2 Å². The fraction of sp³-hybridized carbons (Fsp3) is 0.882. The second-order valence-corrected chi connectivity index (χ2v) is 7.32. The van der Waals surface area contributed by atoms with Crippen LogP contribution in [0.3, 0.4) is 0 Å². The maximum absolute atomic E-state index is 12.9. The Labute approximate surface area is 129 Å². The van der Waals surface area contributed by atoms with Gasteiger partial charge in [-0.25, -0.2) is 0 Å². The molecule has 2 amide bonds. The summed E-state index contributed by atoms with van der Waals surface area (Å²) in [5.74, 6) is 0.0808. The molecular formula is C17H32N2O2. The lowest BCUT2D eigenvalue weighted by Crippen LogP contribution is -2.68.